The Morgan fingerprint density at radius 2 is 1.74 bits per heavy atom. The van der Waals surface area contributed by atoms with Gasteiger partial charge >= 0.3 is 5.97 Å². The number of carbonyl (C=O) groups excluding carboxylic acids is 3. The van der Waals surface area contributed by atoms with Gasteiger partial charge in [-0.25, -0.2) is 0 Å². The van der Waals surface area contributed by atoms with Crippen molar-refractivity contribution < 1.29 is 28.6 Å². The zero-order chi connectivity index (χ0) is 32.8. The predicted molar refractivity (Wildman–Crippen MR) is 173 cm³/mol. The normalized spacial score (nSPS) is 31.0. The summed E-state index contributed by atoms with van der Waals surface area (Å²) in [6.45, 7) is 3.20. The van der Waals surface area contributed by atoms with Crippen molar-refractivity contribution in [3.63, 3.8) is 0 Å². The number of ether oxygens (including phenoxy) is 3. The number of fused-ring (bicyclic) bond motifs is 2. The van der Waals surface area contributed by atoms with Crippen molar-refractivity contribution in [2.45, 2.75) is 89.9 Å². The van der Waals surface area contributed by atoms with Crippen LogP contribution in [0.3, 0.4) is 0 Å². The molecule has 0 saturated heterocycles. The van der Waals surface area contributed by atoms with Crippen molar-refractivity contribution in [1.82, 2.24) is 10.6 Å². The lowest BCUT2D eigenvalue weighted by Gasteiger charge is -2.56. The third-order valence-electron chi connectivity index (χ3n) is 12.0. The molecule has 2 N–H and O–H groups in total. The van der Waals surface area contributed by atoms with Crippen LogP contribution in [0.2, 0.25) is 0 Å². The summed E-state index contributed by atoms with van der Waals surface area (Å²) in [5, 5.41) is 16.3. The van der Waals surface area contributed by atoms with Gasteiger partial charge in [-0.3, -0.25) is 14.4 Å². The van der Waals surface area contributed by atoms with Gasteiger partial charge in [-0.05, 0) is 92.1 Å². The number of methoxy groups -OCH3 is 1. The van der Waals surface area contributed by atoms with Gasteiger partial charge in [0.15, 0.2) is 0 Å². The van der Waals surface area contributed by atoms with Gasteiger partial charge in [-0.15, -0.1) is 0 Å². The quantitative estimate of drug-likeness (QED) is 0.302. The molecular weight excluding hydrogens is 594 g/mol. The molecule has 4 atom stereocenters. The van der Waals surface area contributed by atoms with Crippen molar-refractivity contribution in [2.75, 3.05) is 13.7 Å². The maximum absolute atomic E-state index is 13.8. The van der Waals surface area contributed by atoms with Crippen LogP contribution in [0.4, 0.5) is 0 Å². The molecule has 0 aliphatic heterocycles. The fraction of sp³-hybridized carbons (Fsp3) is 0.579. The van der Waals surface area contributed by atoms with Gasteiger partial charge in [0, 0.05) is 18.7 Å². The van der Waals surface area contributed by atoms with Crippen LogP contribution in [-0.4, -0.2) is 43.6 Å². The Morgan fingerprint density at radius 1 is 1.00 bits per heavy atom. The molecule has 47 heavy (non-hydrogen) atoms. The molecular formula is C38H45N3O6. The van der Waals surface area contributed by atoms with Gasteiger partial charge in [0.05, 0.1) is 36.2 Å². The lowest BCUT2D eigenvalue weighted by molar-refractivity contribution is -0.169. The summed E-state index contributed by atoms with van der Waals surface area (Å²) >= 11 is 0. The molecule has 1 spiro atoms. The molecule has 2 aromatic carbocycles. The fourth-order valence-electron chi connectivity index (χ4n) is 9.07. The van der Waals surface area contributed by atoms with E-state index < -0.39 is 0 Å². The third kappa shape index (κ3) is 6.19. The molecule has 2 amide bonds. The minimum absolute atomic E-state index is 0.0491. The van der Waals surface area contributed by atoms with E-state index in [0.29, 0.717) is 29.2 Å². The van der Waals surface area contributed by atoms with Crippen molar-refractivity contribution in [2.24, 2.45) is 34.5 Å². The number of esters is 1. The number of carbonyl (C=O) groups is 3. The van der Waals surface area contributed by atoms with Crippen LogP contribution >= 0.6 is 0 Å². The van der Waals surface area contributed by atoms with E-state index in [2.05, 4.69) is 23.6 Å². The van der Waals surface area contributed by atoms with Gasteiger partial charge in [0.1, 0.15) is 24.2 Å². The number of hydrogen-bond acceptors (Lipinski definition) is 7. The van der Waals surface area contributed by atoms with Gasteiger partial charge in [0.25, 0.3) is 5.91 Å². The molecule has 9 heteroatoms. The van der Waals surface area contributed by atoms with E-state index in [0.717, 1.165) is 63.4 Å². The first kappa shape index (κ1) is 31.5. The lowest BCUT2D eigenvalue weighted by atomic mass is 9.50. The average Bonchev–Trinajstić information content (AvgIpc) is 3.64. The molecule has 0 radical (unpaired) electrons. The number of amides is 2. The first-order chi connectivity index (χ1) is 22.7. The first-order valence-corrected chi connectivity index (χ1v) is 17.3. The number of nitrogens with one attached hydrogen (secondary N) is 2. The summed E-state index contributed by atoms with van der Waals surface area (Å²) in [5.41, 5.74) is 1.82. The van der Waals surface area contributed by atoms with Crippen molar-refractivity contribution in [3.05, 3.63) is 59.2 Å². The molecule has 0 heterocycles. The second-order valence-corrected chi connectivity index (χ2v) is 15.2. The fourth-order valence-corrected chi connectivity index (χ4v) is 9.07. The summed E-state index contributed by atoms with van der Waals surface area (Å²) in [7, 11) is 1.48. The molecule has 2 aromatic rings. The molecule has 9 nitrogen and oxygen atoms in total. The van der Waals surface area contributed by atoms with E-state index in [1.165, 1.54) is 13.5 Å². The molecule has 5 fully saturated rings. The van der Waals surface area contributed by atoms with E-state index in [4.69, 9.17) is 14.2 Å². The molecule has 5 saturated carbocycles. The number of hydrogen-bond donors (Lipinski definition) is 2. The first-order valence-electron chi connectivity index (χ1n) is 17.3. The van der Waals surface area contributed by atoms with E-state index >= 15 is 0 Å². The van der Waals surface area contributed by atoms with Gasteiger partial charge in [0.2, 0.25) is 5.91 Å². The Balaban J connectivity index is 0.966. The van der Waals surface area contributed by atoms with Crippen LogP contribution < -0.4 is 20.1 Å². The van der Waals surface area contributed by atoms with Gasteiger partial charge in [-0.2, -0.15) is 5.26 Å². The SMILES string of the molecule is COc1cc(C#N)c(OC2CC3(C2)CC(C(=O)OCc2ccccc2)C3)cc1C(=O)N[C@@H]1[C@H]2CC[C@H](C2)[C@@H]1C(=O)NCC1(C)CCC1. The van der Waals surface area contributed by atoms with E-state index in [-0.39, 0.29) is 71.0 Å². The molecule has 0 aromatic heterocycles. The summed E-state index contributed by atoms with van der Waals surface area (Å²) in [6.07, 6.45) is 9.48. The number of benzene rings is 2. The van der Waals surface area contributed by atoms with Gasteiger partial charge in [-0.1, -0.05) is 43.7 Å². The summed E-state index contributed by atoms with van der Waals surface area (Å²) in [4.78, 5) is 39.8. The Kier molecular flexibility index (Phi) is 8.40. The Labute approximate surface area is 276 Å². The zero-order valence-corrected chi connectivity index (χ0v) is 27.4. The van der Waals surface area contributed by atoms with Crippen LogP contribution in [0.15, 0.2) is 42.5 Å². The van der Waals surface area contributed by atoms with E-state index in [1.807, 2.05) is 30.3 Å². The van der Waals surface area contributed by atoms with Crippen molar-refractivity contribution in [3.8, 4) is 17.6 Å². The number of nitrogens with zero attached hydrogens (tertiary/aromatic N) is 1. The number of rotatable bonds is 11. The third-order valence-corrected chi connectivity index (χ3v) is 12.0. The summed E-state index contributed by atoms with van der Waals surface area (Å²) in [5.74, 6) is 0.451. The highest BCUT2D eigenvalue weighted by Crippen LogP contribution is 2.60. The molecule has 5 aliphatic carbocycles. The van der Waals surface area contributed by atoms with Crippen LogP contribution in [0.5, 0.6) is 11.5 Å². The maximum atomic E-state index is 13.8. The van der Waals surface area contributed by atoms with Crippen LogP contribution in [0.25, 0.3) is 0 Å². The summed E-state index contributed by atoms with van der Waals surface area (Å²) < 4.78 is 17.4. The zero-order valence-electron chi connectivity index (χ0n) is 27.4. The second kappa shape index (κ2) is 12.5. The standard InChI is InChI=1S/C38H45N3O6/c1-37(11-6-12-37)22-40-35(43)32-24-9-10-25(13-24)33(32)41-34(42)29-15-30(26(20-39)14-31(29)45-2)47-28-18-38(19-28)16-27(17-38)36(44)46-21-23-7-4-3-5-8-23/h3-5,7-8,14-15,24-25,27-28,32-33H,6,9-13,16-19,21-22H2,1-2H3,(H,40,43)(H,41,42)/t24-,25+,27?,28?,32+,33-,38?/m1/s1. The van der Waals surface area contributed by atoms with Crippen LogP contribution in [-0.2, 0) is 20.9 Å². The smallest absolute Gasteiger partial charge is 0.309 e. The van der Waals surface area contributed by atoms with Crippen molar-refractivity contribution >= 4 is 17.8 Å². The van der Waals surface area contributed by atoms with Crippen LogP contribution in [0.1, 0.15) is 92.6 Å². The van der Waals surface area contributed by atoms with E-state index in [9.17, 15) is 19.6 Å². The van der Waals surface area contributed by atoms with E-state index in [1.54, 1.807) is 12.1 Å². The Morgan fingerprint density at radius 3 is 2.43 bits per heavy atom. The minimum atomic E-state index is -0.321. The van der Waals surface area contributed by atoms with Crippen LogP contribution in [0, 0.1) is 45.8 Å². The molecule has 7 rings (SSSR count). The second-order valence-electron chi connectivity index (χ2n) is 15.2. The lowest BCUT2D eigenvalue weighted by Crippen LogP contribution is -2.54. The number of nitriles is 1. The Bertz CT molecular complexity index is 1570. The van der Waals surface area contributed by atoms with Gasteiger partial charge < -0.3 is 24.8 Å². The van der Waals surface area contributed by atoms with Crippen molar-refractivity contribution in [1.29, 1.82) is 5.26 Å². The molecule has 0 unspecified atom stereocenters. The highest BCUT2D eigenvalue weighted by atomic mass is 16.5. The Hall–Kier alpha value is -4.06. The monoisotopic (exact) mass is 639 g/mol. The molecule has 5 aliphatic rings. The maximum Gasteiger partial charge on any atom is 0.309 e. The minimum Gasteiger partial charge on any atom is -0.496 e. The molecule has 2 bridgehead atoms. The summed E-state index contributed by atoms with van der Waals surface area (Å²) in [6, 6.07) is 14.8. The predicted octanol–water partition coefficient (Wildman–Crippen LogP) is 5.70. The topological polar surface area (TPSA) is 127 Å². The highest BCUT2D eigenvalue weighted by Gasteiger charge is 2.56. The average molecular weight is 640 g/mol. The largest absolute Gasteiger partial charge is 0.496 e. The highest BCUT2D eigenvalue weighted by molar-refractivity contribution is 5.98. The molecule has 248 valence electrons.